The number of carbonyl (C=O) groups excluding carboxylic acids is 1. The number of methoxy groups -OCH3 is 1. The Morgan fingerprint density at radius 3 is 2.79 bits per heavy atom. The van der Waals surface area contributed by atoms with Gasteiger partial charge in [-0.15, -0.1) is 0 Å². The average molecular weight is 447 g/mol. The van der Waals surface area contributed by atoms with Crippen molar-refractivity contribution in [3.05, 3.63) is 59.8 Å². The largest absolute Gasteiger partial charge is 0.482 e. The quantitative estimate of drug-likeness (QED) is 0.622. The smallest absolute Gasteiger partial charge is 0.262 e. The highest BCUT2D eigenvalue weighted by atomic mass is 16.5. The maximum atomic E-state index is 11.6. The number of fused-ring (bicyclic) bond motifs is 2. The molecule has 7 heteroatoms. The van der Waals surface area contributed by atoms with Crippen molar-refractivity contribution < 1.29 is 14.3 Å². The number of nitrogens with zero attached hydrogens (tertiary/aromatic N) is 3. The van der Waals surface area contributed by atoms with Crippen molar-refractivity contribution in [2.45, 2.75) is 19.4 Å². The van der Waals surface area contributed by atoms with Crippen LogP contribution < -0.4 is 15.0 Å². The van der Waals surface area contributed by atoms with E-state index in [4.69, 9.17) is 9.47 Å². The zero-order valence-corrected chi connectivity index (χ0v) is 19.2. The zero-order chi connectivity index (χ0) is 22.8. The summed E-state index contributed by atoms with van der Waals surface area (Å²) in [5, 5.41) is 4.10. The van der Waals surface area contributed by atoms with E-state index in [0.29, 0.717) is 5.75 Å². The number of hydrogen-bond donors (Lipinski definition) is 1. The summed E-state index contributed by atoms with van der Waals surface area (Å²) in [6.45, 7) is 7.08. The van der Waals surface area contributed by atoms with Gasteiger partial charge in [0.1, 0.15) is 5.75 Å². The number of pyridine rings is 1. The van der Waals surface area contributed by atoms with Crippen LogP contribution in [0.5, 0.6) is 5.75 Å². The van der Waals surface area contributed by atoms with Crippen LogP contribution in [0.3, 0.4) is 0 Å². The van der Waals surface area contributed by atoms with Gasteiger partial charge in [0.2, 0.25) is 0 Å². The molecule has 1 unspecified atom stereocenters. The summed E-state index contributed by atoms with van der Waals surface area (Å²) in [6.07, 6.45) is 0.862. The number of anilines is 2. The van der Waals surface area contributed by atoms with Gasteiger partial charge in [-0.05, 0) is 55.3 Å². The molecule has 1 fully saturated rings. The molecule has 0 radical (unpaired) electrons. The van der Waals surface area contributed by atoms with Gasteiger partial charge in [-0.1, -0.05) is 12.1 Å². The number of amides is 1. The predicted octanol–water partition coefficient (Wildman–Crippen LogP) is 3.77. The second kappa shape index (κ2) is 9.37. The molecule has 1 aromatic heterocycles. The van der Waals surface area contributed by atoms with Crippen LogP contribution in [0.1, 0.15) is 23.8 Å². The summed E-state index contributed by atoms with van der Waals surface area (Å²) in [5.74, 6) is 0.590. The molecule has 3 heterocycles. The third-order valence-corrected chi connectivity index (χ3v) is 6.56. The molecule has 0 saturated carbocycles. The molecule has 1 amide bonds. The van der Waals surface area contributed by atoms with Gasteiger partial charge in [0.25, 0.3) is 5.91 Å². The Kier molecular flexibility index (Phi) is 6.15. The Balaban J connectivity index is 1.19. The number of aryl methyl sites for hydroxylation is 1. The van der Waals surface area contributed by atoms with E-state index in [9.17, 15) is 4.79 Å². The van der Waals surface area contributed by atoms with E-state index in [1.54, 1.807) is 7.11 Å². The van der Waals surface area contributed by atoms with E-state index in [1.165, 1.54) is 11.1 Å². The predicted molar refractivity (Wildman–Crippen MR) is 130 cm³/mol. The average Bonchev–Trinajstić information content (AvgIpc) is 2.84. The molecule has 2 aliphatic rings. The molecule has 2 aromatic carbocycles. The van der Waals surface area contributed by atoms with Crippen LogP contribution in [0, 0.1) is 6.92 Å². The maximum absolute atomic E-state index is 11.6. The van der Waals surface area contributed by atoms with E-state index < -0.39 is 0 Å². The lowest BCUT2D eigenvalue weighted by Gasteiger charge is -2.37. The summed E-state index contributed by atoms with van der Waals surface area (Å²) in [5.41, 5.74) is 5.15. The van der Waals surface area contributed by atoms with Gasteiger partial charge in [0, 0.05) is 56.6 Å². The van der Waals surface area contributed by atoms with Gasteiger partial charge in [-0.3, -0.25) is 14.7 Å². The molecule has 33 heavy (non-hydrogen) atoms. The van der Waals surface area contributed by atoms with Crippen molar-refractivity contribution in [1.29, 1.82) is 0 Å². The van der Waals surface area contributed by atoms with Crippen molar-refractivity contribution in [1.82, 2.24) is 9.88 Å². The first-order valence-corrected chi connectivity index (χ1v) is 11.5. The first-order chi connectivity index (χ1) is 16.1. The number of aromatic nitrogens is 1. The molecule has 1 atom stereocenters. The van der Waals surface area contributed by atoms with E-state index >= 15 is 0 Å². The highest BCUT2D eigenvalue weighted by Crippen LogP contribution is 2.33. The zero-order valence-electron chi connectivity index (χ0n) is 19.2. The molecule has 2 aliphatic heterocycles. The van der Waals surface area contributed by atoms with Crippen LogP contribution in [0.4, 0.5) is 11.4 Å². The van der Waals surface area contributed by atoms with Gasteiger partial charge < -0.3 is 19.7 Å². The van der Waals surface area contributed by atoms with E-state index in [1.807, 2.05) is 25.1 Å². The minimum absolute atomic E-state index is 0.0282. The van der Waals surface area contributed by atoms with Crippen molar-refractivity contribution >= 4 is 28.2 Å². The van der Waals surface area contributed by atoms with Crippen LogP contribution in [-0.2, 0) is 9.53 Å². The SMILES string of the molecule is COC(CCN1CCN(c2cccc3nc(C)ccc23)CC1)c1ccc2c(c1)NC(=O)CO2. The Labute approximate surface area is 194 Å². The van der Waals surface area contributed by atoms with Crippen molar-refractivity contribution in [2.75, 3.05) is 56.7 Å². The molecule has 1 saturated heterocycles. The minimum Gasteiger partial charge on any atom is -0.482 e. The fraction of sp³-hybridized carbons (Fsp3) is 0.385. The first-order valence-electron chi connectivity index (χ1n) is 11.5. The summed E-state index contributed by atoms with van der Waals surface area (Å²) >= 11 is 0. The normalized spacial score (nSPS) is 17.4. The molecule has 1 N–H and O–H groups in total. The number of nitrogens with one attached hydrogen (secondary N) is 1. The summed E-state index contributed by atoms with van der Waals surface area (Å²) in [6, 6.07) is 16.6. The Bertz CT molecular complexity index is 1160. The van der Waals surface area contributed by atoms with Crippen molar-refractivity contribution in [3.8, 4) is 5.75 Å². The number of benzene rings is 2. The molecule has 3 aromatic rings. The van der Waals surface area contributed by atoms with E-state index in [2.05, 4.69) is 50.4 Å². The minimum atomic E-state index is -0.122. The number of ether oxygens (including phenoxy) is 2. The number of carbonyl (C=O) groups is 1. The van der Waals surface area contributed by atoms with Gasteiger partial charge in [-0.2, -0.15) is 0 Å². The molecule has 5 rings (SSSR count). The van der Waals surface area contributed by atoms with Crippen LogP contribution in [-0.4, -0.2) is 62.2 Å². The fourth-order valence-electron chi connectivity index (χ4n) is 4.75. The number of hydrogen-bond acceptors (Lipinski definition) is 6. The van der Waals surface area contributed by atoms with Gasteiger partial charge in [0.05, 0.1) is 17.3 Å². The van der Waals surface area contributed by atoms with Gasteiger partial charge in [0.15, 0.2) is 6.61 Å². The van der Waals surface area contributed by atoms with Crippen LogP contribution >= 0.6 is 0 Å². The third-order valence-electron chi connectivity index (χ3n) is 6.56. The molecule has 172 valence electrons. The Hall–Kier alpha value is -3.16. The Morgan fingerprint density at radius 1 is 1.12 bits per heavy atom. The van der Waals surface area contributed by atoms with Crippen molar-refractivity contribution in [3.63, 3.8) is 0 Å². The number of rotatable bonds is 6. The van der Waals surface area contributed by atoms with Crippen LogP contribution in [0.25, 0.3) is 10.9 Å². The molecular formula is C26H30N4O3. The maximum Gasteiger partial charge on any atom is 0.262 e. The molecule has 0 aliphatic carbocycles. The lowest BCUT2D eigenvalue weighted by atomic mass is 10.0. The molecule has 7 nitrogen and oxygen atoms in total. The summed E-state index contributed by atoms with van der Waals surface area (Å²) in [7, 11) is 1.74. The second-order valence-electron chi connectivity index (χ2n) is 8.73. The summed E-state index contributed by atoms with van der Waals surface area (Å²) < 4.78 is 11.3. The molecular weight excluding hydrogens is 416 g/mol. The Morgan fingerprint density at radius 2 is 1.97 bits per heavy atom. The monoisotopic (exact) mass is 446 g/mol. The standard InChI is InChI=1S/C26H30N4O3/c1-18-6-8-20-21(27-18)4-3-5-23(20)30-14-12-29(13-15-30)11-10-24(32-2)19-7-9-25-22(16-19)28-26(31)17-33-25/h3-9,16,24H,10-15,17H2,1-2H3,(H,28,31). The van der Waals surface area contributed by atoms with Crippen molar-refractivity contribution in [2.24, 2.45) is 0 Å². The molecule has 0 spiro atoms. The van der Waals surface area contributed by atoms with E-state index in [0.717, 1.165) is 61.6 Å². The number of piperazine rings is 1. The topological polar surface area (TPSA) is 66.9 Å². The van der Waals surface area contributed by atoms with Gasteiger partial charge in [-0.25, -0.2) is 0 Å². The van der Waals surface area contributed by atoms with Crippen LogP contribution in [0.15, 0.2) is 48.5 Å². The van der Waals surface area contributed by atoms with Crippen LogP contribution in [0.2, 0.25) is 0 Å². The third kappa shape index (κ3) is 4.65. The second-order valence-corrected chi connectivity index (χ2v) is 8.73. The summed E-state index contributed by atoms with van der Waals surface area (Å²) in [4.78, 5) is 21.3. The highest BCUT2D eigenvalue weighted by Gasteiger charge is 2.22. The molecule has 0 bridgehead atoms. The van der Waals surface area contributed by atoms with E-state index in [-0.39, 0.29) is 18.6 Å². The fourth-order valence-corrected chi connectivity index (χ4v) is 4.75. The first kappa shape index (κ1) is 21.7. The highest BCUT2D eigenvalue weighted by molar-refractivity contribution is 5.95. The lowest BCUT2D eigenvalue weighted by Crippen LogP contribution is -2.46. The lowest BCUT2D eigenvalue weighted by molar-refractivity contribution is -0.118. The van der Waals surface area contributed by atoms with Gasteiger partial charge >= 0.3 is 0 Å².